The van der Waals surface area contributed by atoms with Crippen molar-refractivity contribution >= 4 is 16.3 Å². The van der Waals surface area contributed by atoms with Gasteiger partial charge in [-0.25, -0.2) is 4.98 Å². The van der Waals surface area contributed by atoms with Gasteiger partial charge in [0.25, 0.3) is 5.19 Å². The van der Waals surface area contributed by atoms with E-state index >= 15 is 0 Å². The van der Waals surface area contributed by atoms with E-state index in [2.05, 4.69) is 4.98 Å². The normalized spacial score (nSPS) is 10.3. The third-order valence-corrected chi connectivity index (χ3v) is 2.74. The Labute approximate surface area is 97.3 Å². The fraction of sp³-hybridized carbons (Fsp3) is 0.182. The van der Waals surface area contributed by atoms with E-state index < -0.39 is 0 Å². The first kappa shape index (κ1) is 10.9. The van der Waals surface area contributed by atoms with Crippen LogP contribution in [0.25, 0.3) is 0 Å². The lowest BCUT2D eigenvalue weighted by atomic mass is 10.1. The summed E-state index contributed by atoms with van der Waals surface area (Å²) in [5.41, 5.74) is 6.62. The standard InChI is InChI=1S/C11H12N2O2S/c12-10-7-13-11(16-10)15-9-3-1-8(2-4-9)5-6-14/h1-4,7,14H,5-6,12H2. The summed E-state index contributed by atoms with van der Waals surface area (Å²) in [6.45, 7) is 0.156. The summed E-state index contributed by atoms with van der Waals surface area (Å²) in [7, 11) is 0. The Kier molecular flexibility index (Phi) is 3.38. The first-order valence-electron chi connectivity index (χ1n) is 4.87. The Hall–Kier alpha value is -1.59. The number of nitrogens with two attached hydrogens (primary N) is 1. The van der Waals surface area contributed by atoms with Crippen molar-refractivity contribution in [2.24, 2.45) is 0 Å². The minimum absolute atomic E-state index is 0.156. The molecule has 1 heterocycles. The first-order chi connectivity index (χ1) is 7.78. The third kappa shape index (κ3) is 2.71. The molecule has 1 aromatic carbocycles. The molecule has 0 saturated heterocycles. The van der Waals surface area contributed by atoms with E-state index in [4.69, 9.17) is 15.6 Å². The Bertz CT molecular complexity index is 453. The highest BCUT2D eigenvalue weighted by Gasteiger charge is 2.01. The molecule has 1 aromatic heterocycles. The Balaban J connectivity index is 2.05. The van der Waals surface area contributed by atoms with Crippen LogP contribution in [0, 0.1) is 0 Å². The number of aliphatic hydroxyl groups is 1. The van der Waals surface area contributed by atoms with E-state index in [1.165, 1.54) is 11.3 Å². The monoisotopic (exact) mass is 236 g/mol. The number of rotatable bonds is 4. The van der Waals surface area contributed by atoms with Crippen LogP contribution >= 0.6 is 11.3 Å². The first-order valence-corrected chi connectivity index (χ1v) is 5.68. The number of aliphatic hydroxyl groups excluding tert-OH is 1. The minimum Gasteiger partial charge on any atom is -0.431 e. The van der Waals surface area contributed by atoms with Crippen LogP contribution in [0.4, 0.5) is 5.00 Å². The number of hydrogen-bond acceptors (Lipinski definition) is 5. The molecule has 0 unspecified atom stereocenters. The van der Waals surface area contributed by atoms with Gasteiger partial charge >= 0.3 is 0 Å². The molecule has 0 aliphatic heterocycles. The smallest absolute Gasteiger partial charge is 0.280 e. The van der Waals surface area contributed by atoms with Crippen LogP contribution < -0.4 is 10.5 Å². The van der Waals surface area contributed by atoms with Gasteiger partial charge in [-0.05, 0) is 24.1 Å². The summed E-state index contributed by atoms with van der Waals surface area (Å²) < 4.78 is 5.50. The van der Waals surface area contributed by atoms with Crippen LogP contribution in [0.3, 0.4) is 0 Å². The van der Waals surface area contributed by atoms with Gasteiger partial charge in [0, 0.05) is 6.61 Å². The highest BCUT2D eigenvalue weighted by atomic mass is 32.1. The van der Waals surface area contributed by atoms with E-state index in [9.17, 15) is 0 Å². The molecule has 4 nitrogen and oxygen atoms in total. The summed E-state index contributed by atoms with van der Waals surface area (Å²) >= 11 is 1.30. The van der Waals surface area contributed by atoms with Crippen molar-refractivity contribution in [2.75, 3.05) is 12.3 Å². The molecule has 2 aromatic rings. The number of ether oxygens (including phenoxy) is 1. The van der Waals surface area contributed by atoms with Gasteiger partial charge < -0.3 is 15.6 Å². The molecule has 0 aliphatic carbocycles. The average Bonchev–Trinajstić information content (AvgIpc) is 2.67. The molecule has 2 rings (SSSR count). The fourth-order valence-electron chi connectivity index (χ4n) is 1.27. The number of nitrogens with zero attached hydrogens (tertiary/aromatic N) is 1. The Morgan fingerprint density at radius 1 is 1.31 bits per heavy atom. The van der Waals surface area contributed by atoms with Crippen LogP contribution in [0.15, 0.2) is 30.5 Å². The SMILES string of the molecule is Nc1cnc(Oc2ccc(CCO)cc2)s1. The van der Waals surface area contributed by atoms with Crippen LogP contribution in [0.5, 0.6) is 10.9 Å². The maximum absolute atomic E-state index is 8.77. The molecule has 84 valence electrons. The molecule has 0 spiro atoms. The molecule has 16 heavy (non-hydrogen) atoms. The molecule has 0 fully saturated rings. The van der Waals surface area contributed by atoms with Crippen LogP contribution in [-0.4, -0.2) is 16.7 Å². The van der Waals surface area contributed by atoms with Gasteiger partial charge in [-0.3, -0.25) is 0 Å². The largest absolute Gasteiger partial charge is 0.431 e. The van der Waals surface area contributed by atoms with Crippen LogP contribution in [0.2, 0.25) is 0 Å². The van der Waals surface area contributed by atoms with Gasteiger partial charge in [0.2, 0.25) is 0 Å². The number of aromatic nitrogens is 1. The van der Waals surface area contributed by atoms with E-state index in [1.54, 1.807) is 6.20 Å². The summed E-state index contributed by atoms with van der Waals surface area (Å²) in [5.74, 6) is 0.719. The molecule has 0 amide bonds. The molecule has 3 N–H and O–H groups in total. The van der Waals surface area contributed by atoms with Crippen molar-refractivity contribution < 1.29 is 9.84 Å². The number of anilines is 1. The number of nitrogen functional groups attached to an aromatic ring is 1. The van der Waals surface area contributed by atoms with Gasteiger partial charge in [-0.1, -0.05) is 23.5 Å². The minimum atomic E-state index is 0.156. The highest BCUT2D eigenvalue weighted by molar-refractivity contribution is 7.17. The zero-order chi connectivity index (χ0) is 11.4. The van der Waals surface area contributed by atoms with Crippen molar-refractivity contribution in [3.8, 4) is 10.9 Å². The predicted octanol–water partition coefficient (Wildman–Crippen LogP) is 2.05. The Morgan fingerprint density at radius 2 is 2.06 bits per heavy atom. The second kappa shape index (κ2) is 4.96. The van der Waals surface area contributed by atoms with E-state index in [0.29, 0.717) is 16.6 Å². The summed E-state index contributed by atoms with van der Waals surface area (Å²) in [4.78, 5) is 4.00. The molecule has 0 bridgehead atoms. The fourth-order valence-corrected chi connectivity index (χ4v) is 1.82. The van der Waals surface area contributed by atoms with E-state index in [0.717, 1.165) is 11.3 Å². The lowest BCUT2D eigenvalue weighted by molar-refractivity contribution is 0.299. The zero-order valence-corrected chi connectivity index (χ0v) is 9.41. The number of thiazole rings is 1. The quantitative estimate of drug-likeness (QED) is 0.852. The molecule has 0 radical (unpaired) electrons. The zero-order valence-electron chi connectivity index (χ0n) is 8.59. The van der Waals surface area contributed by atoms with Crippen LogP contribution in [0.1, 0.15) is 5.56 Å². The van der Waals surface area contributed by atoms with Crippen molar-refractivity contribution in [2.45, 2.75) is 6.42 Å². The van der Waals surface area contributed by atoms with Gasteiger partial charge in [0.15, 0.2) is 0 Å². The van der Waals surface area contributed by atoms with Gasteiger partial charge in [-0.2, -0.15) is 0 Å². The highest BCUT2D eigenvalue weighted by Crippen LogP contribution is 2.27. The lowest BCUT2D eigenvalue weighted by Crippen LogP contribution is -1.90. The van der Waals surface area contributed by atoms with Gasteiger partial charge in [0.05, 0.1) is 6.20 Å². The molecule has 0 atom stereocenters. The van der Waals surface area contributed by atoms with E-state index in [1.807, 2.05) is 24.3 Å². The summed E-state index contributed by atoms with van der Waals surface area (Å²) in [6.07, 6.45) is 2.23. The van der Waals surface area contributed by atoms with Crippen molar-refractivity contribution in [1.82, 2.24) is 4.98 Å². The predicted molar refractivity (Wildman–Crippen MR) is 63.8 cm³/mol. The molecule has 5 heteroatoms. The number of hydrogen-bond donors (Lipinski definition) is 2. The average molecular weight is 236 g/mol. The van der Waals surface area contributed by atoms with Crippen molar-refractivity contribution in [3.05, 3.63) is 36.0 Å². The Morgan fingerprint density at radius 3 is 2.62 bits per heavy atom. The van der Waals surface area contributed by atoms with Crippen molar-refractivity contribution in [3.63, 3.8) is 0 Å². The topological polar surface area (TPSA) is 68.4 Å². The number of benzene rings is 1. The van der Waals surface area contributed by atoms with E-state index in [-0.39, 0.29) is 6.61 Å². The molecule has 0 aliphatic rings. The maximum atomic E-state index is 8.77. The summed E-state index contributed by atoms with van der Waals surface area (Å²) in [5, 5.41) is 9.94. The van der Waals surface area contributed by atoms with Gasteiger partial charge in [-0.15, -0.1) is 0 Å². The molecular formula is C11H12N2O2S. The summed E-state index contributed by atoms with van der Waals surface area (Å²) in [6, 6.07) is 7.54. The second-order valence-corrected chi connectivity index (χ2v) is 4.27. The lowest BCUT2D eigenvalue weighted by Gasteiger charge is -2.02. The van der Waals surface area contributed by atoms with Crippen molar-refractivity contribution in [1.29, 1.82) is 0 Å². The second-order valence-electron chi connectivity index (χ2n) is 3.25. The maximum Gasteiger partial charge on any atom is 0.280 e. The van der Waals surface area contributed by atoms with Crippen LogP contribution in [-0.2, 0) is 6.42 Å². The third-order valence-electron chi connectivity index (χ3n) is 2.03. The van der Waals surface area contributed by atoms with Gasteiger partial charge in [0.1, 0.15) is 10.8 Å². The molecular weight excluding hydrogens is 224 g/mol. The molecule has 0 saturated carbocycles.